The average Bonchev–Trinajstić information content (AvgIpc) is 3.14. The molecule has 0 spiro atoms. The van der Waals surface area contributed by atoms with E-state index in [-0.39, 0.29) is 23.4 Å². The molecule has 25 heavy (non-hydrogen) atoms. The van der Waals surface area contributed by atoms with Gasteiger partial charge in [-0.25, -0.2) is 17.7 Å². The van der Waals surface area contributed by atoms with E-state index in [0.717, 1.165) is 23.6 Å². The van der Waals surface area contributed by atoms with Gasteiger partial charge >= 0.3 is 0 Å². The predicted octanol–water partition coefficient (Wildman–Crippen LogP) is 2.74. The number of piperidine rings is 1. The largest absolute Gasteiger partial charge is 0.338 e. The molecular formula is C17H21N3O3S2. The van der Waals surface area contributed by atoms with E-state index >= 15 is 0 Å². The van der Waals surface area contributed by atoms with Gasteiger partial charge < -0.3 is 4.90 Å². The Morgan fingerprint density at radius 1 is 1.32 bits per heavy atom. The quantitative estimate of drug-likeness (QED) is 0.801. The first kappa shape index (κ1) is 17.9. The first-order valence-corrected chi connectivity index (χ1v) is 10.6. The maximum atomic E-state index is 13.1. The minimum atomic E-state index is -3.84. The van der Waals surface area contributed by atoms with Crippen LogP contribution in [0.2, 0.25) is 0 Å². The number of sulfonamides is 1. The Morgan fingerprint density at radius 3 is 2.72 bits per heavy atom. The summed E-state index contributed by atoms with van der Waals surface area (Å²) in [6, 6.07) is 8.29. The topological polar surface area (TPSA) is 70.6 Å². The fourth-order valence-electron chi connectivity index (χ4n) is 3.00. The zero-order chi connectivity index (χ0) is 17.9. The molecule has 0 bridgehead atoms. The van der Waals surface area contributed by atoms with E-state index in [0.29, 0.717) is 11.7 Å². The number of hydrogen-bond acceptors (Lipinski definition) is 5. The van der Waals surface area contributed by atoms with E-state index in [4.69, 9.17) is 0 Å². The average molecular weight is 380 g/mol. The van der Waals surface area contributed by atoms with Crippen LogP contribution in [0.1, 0.15) is 26.2 Å². The lowest BCUT2D eigenvalue weighted by Gasteiger charge is -2.34. The third kappa shape index (κ3) is 3.85. The highest BCUT2D eigenvalue weighted by Gasteiger charge is 2.32. The van der Waals surface area contributed by atoms with Gasteiger partial charge in [-0.1, -0.05) is 18.2 Å². The number of nitrogens with zero attached hydrogens (tertiary/aromatic N) is 3. The van der Waals surface area contributed by atoms with Gasteiger partial charge in [0.1, 0.15) is 6.54 Å². The molecule has 0 unspecified atom stereocenters. The molecule has 1 aromatic carbocycles. The Labute approximate surface area is 152 Å². The van der Waals surface area contributed by atoms with Crippen LogP contribution >= 0.6 is 11.3 Å². The molecule has 1 aromatic heterocycles. The molecule has 1 fully saturated rings. The Hall–Kier alpha value is -1.93. The summed E-state index contributed by atoms with van der Waals surface area (Å²) < 4.78 is 27.2. The molecular weight excluding hydrogens is 358 g/mol. The van der Waals surface area contributed by atoms with Crippen molar-refractivity contribution < 1.29 is 13.2 Å². The number of carbonyl (C=O) groups excluding carboxylic acids is 1. The van der Waals surface area contributed by atoms with Gasteiger partial charge in [-0.05, 0) is 38.3 Å². The Morgan fingerprint density at radius 2 is 2.08 bits per heavy atom. The lowest BCUT2D eigenvalue weighted by Crippen LogP contribution is -2.48. The van der Waals surface area contributed by atoms with E-state index in [2.05, 4.69) is 4.98 Å². The molecule has 6 nitrogen and oxygen atoms in total. The van der Waals surface area contributed by atoms with Gasteiger partial charge in [0, 0.05) is 24.2 Å². The van der Waals surface area contributed by atoms with E-state index in [1.54, 1.807) is 34.7 Å². The standard InChI is InChI=1S/C17H21N3O3S2/c1-14-7-5-6-11-19(14)16(21)13-20(17-18-10-12-24-17)25(22,23)15-8-3-2-4-9-15/h2-4,8-10,12,14H,5-7,11,13H2,1H3/t14-/m0/s1. The van der Waals surface area contributed by atoms with Crippen LogP contribution in [0.15, 0.2) is 46.8 Å². The third-order valence-electron chi connectivity index (χ3n) is 4.37. The molecule has 1 amide bonds. The van der Waals surface area contributed by atoms with Crippen LogP contribution in [-0.2, 0) is 14.8 Å². The lowest BCUT2D eigenvalue weighted by molar-refractivity contribution is -0.132. The Balaban J connectivity index is 1.90. The van der Waals surface area contributed by atoms with E-state index in [9.17, 15) is 13.2 Å². The van der Waals surface area contributed by atoms with Gasteiger partial charge in [-0.2, -0.15) is 0 Å². The predicted molar refractivity (Wildman–Crippen MR) is 98.1 cm³/mol. The van der Waals surface area contributed by atoms with Crippen LogP contribution in [0.4, 0.5) is 5.13 Å². The van der Waals surface area contributed by atoms with Gasteiger partial charge in [-0.3, -0.25) is 4.79 Å². The highest BCUT2D eigenvalue weighted by atomic mass is 32.2. The van der Waals surface area contributed by atoms with Crippen molar-refractivity contribution in [2.45, 2.75) is 37.1 Å². The molecule has 3 rings (SSSR count). The summed E-state index contributed by atoms with van der Waals surface area (Å²) in [5.74, 6) is -0.179. The van der Waals surface area contributed by atoms with Crippen LogP contribution < -0.4 is 4.31 Å². The van der Waals surface area contributed by atoms with Gasteiger partial charge in [0.15, 0.2) is 5.13 Å². The number of aromatic nitrogens is 1. The molecule has 0 N–H and O–H groups in total. The van der Waals surface area contributed by atoms with Gasteiger partial charge in [0.25, 0.3) is 10.0 Å². The maximum absolute atomic E-state index is 13.1. The number of amides is 1. The fraction of sp³-hybridized carbons (Fsp3) is 0.412. The fourth-order valence-corrected chi connectivity index (χ4v) is 5.26. The van der Waals surface area contributed by atoms with Gasteiger partial charge in [0.05, 0.1) is 4.90 Å². The van der Waals surface area contributed by atoms with Crippen LogP contribution in [0.25, 0.3) is 0 Å². The highest BCUT2D eigenvalue weighted by molar-refractivity contribution is 7.93. The summed E-state index contributed by atoms with van der Waals surface area (Å²) in [6.45, 7) is 2.46. The van der Waals surface area contributed by atoms with E-state index in [1.807, 2.05) is 6.92 Å². The molecule has 0 radical (unpaired) electrons. The second-order valence-electron chi connectivity index (χ2n) is 6.07. The van der Waals surface area contributed by atoms with Crippen LogP contribution in [0.3, 0.4) is 0 Å². The number of likely N-dealkylation sites (tertiary alicyclic amines) is 1. The smallest absolute Gasteiger partial charge is 0.266 e. The molecule has 134 valence electrons. The zero-order valence-electron chi connectivity index (χ0n) is 14.0. The van der Waals surface area contributed by atoms with Crippen molar-refractivity contribution in [3.8, 4) is 0 Å². The minimum Gasteiger partial charge on any atom is -0.338 e. The first-order valence-electron chi connectivity index (χ1n) is 8.27. The first-order chi connectivity index (χ1) is 12.0. The van der Waals surface area contributed by atoms with Crippen molar-refractivity contribution in [2.75, 3.05) is 17.4 Å². The third-order valence-corrected chi connectivity index (χ3v) is 7.03. The zero-order valence-corrected chi connectivity index (χ0v) is 15.7. The molecule has 0 aliphatic carbocycles. The van der Waals surface area contributed by atoms with Crippen molar-refractivity contribution in [3.63, 3.8) is 0 Å². The van der Waals surface area contributed by atoms with E-state index < -0.39 is 10.0 Å². The number of anilines is 1. The number of rotatable bonds is 5. The summed E-state index contributed by atoms with van der Waals surface area (Å²) >= 11 is 1.21. The van der Waals surface area contributed by atoms with Crippen molar-refractivity contribution >= 4 is 32.4 Å². The monoisotopic (exact) mass is 379 g/mol. The molecule has 1 atom stereocenters. The van der Waals surface area contributed by atoms with Crippen LogP contribution in [0, 0.1) is 0 Å². The van der Waals surface area contributed by atoms with Crippen molar-refractivity contribution in [2.24, 2.45) is 0 Å². The molecule has 2 aromatic rings. The summed E-state index contributed by atoms with van der Waals surface area (Å²) in [6.07, 6.45) is 4.55. The molecule has 1 saturated heterocycles. The van der Waals surface area contributed by atoms with Crippen LogP contribution in [-0.4, -0.2) is 43.3 Å². The SMILES string of the molecule is C[C@H]1CCCCN1C(=O)CN(c1nccs1)S(=O)(=O)c1ccccc1. The van der Waals surface area contributed by atoms with Gasteiger partial charge in [-0.15, -0.1) is 11.3 Å². The summed E-state index contributed by atoms with van der Waals surface area (Å²) in [7, 11) is -3.84. The van der Waals surface area contributed by atoms with Gasteiger partial charge in [0.2, 0.25) is 5.91 Å². The second-order valence-corrected chi connectivity index (χ2v) is 8.81. The minimum absolute atomic E-state index is 0.138. The molecule has 8 heteroatoms. The molecule has 1 aliphatic heterocycles. The van der Waals surface area contributed by atoms with Crippen molar-refractivity contribution in [1.29, 1.82) is 0 Å². The Kier molecular flexibility index (Phi) is 5.39. The normalized spacial score (nSPS) is 18.1. The van der Waals surface area contributed by atoms with E-state index in [1.165, 1.54) is 23.5 Å². The van der Waals surface area contributed by atoms with Crippen molar-refractivity contribution in [1.82, 2.24) is 9.88 Å². The lowest BCUT2D eigenvalue weighted by atomic mass is 10.0. The number of benzene rings is 1. The van der Waals surface area contributed by atoms with Crippen molar-refractivity contribution in [3.05, 3.63) is 41.9 Å². The summed E-state index contributed by atoms with van der Waals surface area (Å²) in [5, 5.41) is 2.01. The number of hydrogen-bond donors (Lipinski definition) is 0. The van der Waals surface area contributed by atoms with Crippen LogP contribution in [0.5, 0.6) is 0 Å². The number of thiazole rings is 1. The molecule has 1 aliphatic rings. The highest BCUT2D eigenvalue weighted by Crippen LogP contribution is 2.26. The maximum Gasteiger partial charge on any atom is 0.266 e. The second kappa shape index (κ2) is 7.53. The Bertz CT molecular complexity index is 807. The summed E-state index contributed by atoms with van der Waals surface area (Å²) in [4.78, 5) is 18.8. The number of carbonyl (C=O) groups is 1. The summed E-state index contributed by atoms with van der Waals surface area (Å²) in [5.41, 5.74) is 0. The molecule has 2 heterocycles. The molecule has 0 saturated carbocycles.